The first-order valence-electron chi connectivity index (χ1n) is 7.11. The van der Waals surface area contributed by atoms with Crippen molar-refractivity contribution in [2.75, 3.05) is 30.4 Å². The number of nitrogens with zero attached hydrogens (tertiary/aromatic N) is 4. The van der Waals surface area contributed by atoms with Gasteiger partial charge in [-0.3, -0.25) is 0 Å². The molecule has 1 heterocycles. The maximum atomic E-state index is 5.42. The quantitative estimate of drug-likeness (QED) is 0.849. The van der Waals surface area contributed by atoms with Gasteiger partial charge in [-0.05, 0) is 26.7 Å². The summed E-state index contributed by atoms with van der Waals surface area (Å²) in [5.74, 6) is 1.28. The highest BCUT2D eigenvalue weighted by Crippen LogP contribution is 2.27. The molecule has 0 atom stereocenters. The van der Waals surface area contributed by atoms with Gasteiger partial charge in [0.25, 0.3) is 0 Å². The van der Waals surface area contributed by atoms with Crippen molar-refractivity contribution in [2.45, 2.75) is 45.6 Å². The monoisotopic (exact) mass is 265 g/mol. The van der Waals surface area contributed by atoms with E-state index in [1.807, 2.05) is 6.92 Å². The number of rotatable bonds is 6. The fourth-order valence-corrected chi connectivity index (χ4v) is 2.56. The molecule has 0 unspecified atom stereocenters. The first-order chi connectivity index (χ1) is 9.28. The molecule has 1 saturated carbocycles. The van der Waals surface area contributed by atoms with Crippen LogP contribution in [0.1, 0.15) is 39.5 Å². The third-order valence-electron chi connectivity index (χ3n) is 3.46. The molecular formula is C13H23N5O. The van der Waals surface area contributed by atoms with Gasteiger partial charge in [-0.15, -0.1) is 0 Å². The van der Waals surface area contributed by atoms with Crippen LogP contribution in [0.15, 0.2) is 0 Å². The molecule has 1 aliphatic rings. The Balaban J connectivity index is 2.26. The van der Waals surface area contributed by atoms with Crippen LogP contribution in [0.4, 0.5) is 11.9 Å². The van der Waals surface area contributed by atoms with Gasteiger partial charge < -0.3 is 15.0 Å². The molecule has 1 aromatic rings. The van der Waals surface area contributed by atoms with Crippen LogP contribution in [0.3, 0.4) is 0 Å². The van der Waals surface area contributed by atoms with E-state index in [0.717, 1.165) is 12.5 Å². The van der Waals surface area contributed by atoms with Crippen molar-refractivity contribution in [3.8, 4) is 6.01 Å². The van der Waals surface area contributed by atoms with Crippen LogP contribution in [0.25, 0.3) is 0 Å². The summed E-state index contributed by atoms with van der Waals surface area (Å²) in [5, 5.41) is 2.97. The Kier molecular flexibility index (Phi) is 4.76. The van der Waals surface area contributed by atoms with E-state index < -0.39 is 0 Å². The fourth-order valence-electron chi connectivity index (χ4n) is 2.56. The third kappa shape index (κ3) is 3.24. The van der Waals surface area contributed by atoms with Gasteiger partial charge in [0, 0.05) is 19.6 Å². The average molecular weight is 265 g/mol. The maximum absolute atomic E-state index is 5.42. The summed E-state index contributed by atoms with van der Waals surface area (Å²) in [4.78, 5) is 15.4. The van der Waals surface area contributed by atoms with E-state index in [-0.39, 0.29) is 0 Å². The smallest absolute Gasteiger partial charge is 0.323 e. The van der Waals surface area contributed by atoms with Crippen molar-refractivity contribution < 1.29 is 4.74 Å². The number of nitrogens with one attached hydrogen (secondary N) is 1. The van der Waals surface area contributed by atoms with E-state index in [9.17, 15) is 0 Å². The summed E-state index contributed by atoms with van der Waals surface area (Å²) in [5.41, 5.74) is 0. The zero-order chi connectivity index (χ0) is 13.7. The summed E-state index contributed by atoms with van der Waals surface area (Å²) >= 11 is 0. The normalized spacial score (nSPS) is 15.5. The Bertz CT molecular complexity index is 406. The van der Waals surface area contributed by atoms with Crippen LogP contribution < -0.4 is 15.0 Å². The summed E-state index contributed by atoms with van der Waals surface area (Å²) in [6.45, 7) is 5.53. The van der Waals surface area contributed by atoms with Gasteiger partial charge in [-0.1, -0.05) is 12.8 Å². The van der Waals surface area contributed by atoms with Crippen molar-refractivity contribution in [3.63, 3.8) is 0 Å². The number of hydrogen-bond acceptors (Lipinski definition) is 6. The zero-order valence-electron chi connectivity index (χ0n) is 12.0. The topological polar surface area (TPSA) is 63.2 Å². The van der Waals surface area contributed by atoms with Crippen LogP contribution in [0.5, 0.6) is 6.01 Å². The van der Waals surface area contributed by atoms with Gasteiger partial charge in [0.1, 0.15) is 0 Å². The lowest BCUT2D eigenvalue weighted by Crippen LogP contribution is -2.34. The van der Waals surface area contributed by atoms with Crippen LogP contribution >= 0.6 is 0 Å². The Hall–Kier alpha value is -1.59. The van der Waals surface area contributed by atoms with Crippen molar-refractivity contribution in [1.82, 2.24) is 15.0 Å². The second-order valence-corrected chi connectivity index (χ2v) is 4.65. The summed E-state index contributed by atoms with van der Waals surface area (Å²) in [7, 11) is 1.81. The standard InChI is InChI=1S/C13H23N5O/c1-4-18(10-8-6-7-9-10)12-15-11(14-3)16-13(17-12)19-5-2/h10H,4-9H2,1-3H3,(H,14,15,16,17). The molecule has 106 valence electrons. The molecule has 0 aromatic carbocycles. The molecule has 0 radical (unpaired) electrons. The lowest BCUT2D eigenvalue weighted by atomic mass is 10.2. The molecule has 1 aliphatic carbocycles. The number of anilines is 2. The van der Waals surface area contributed by atoms with Gasteiger partial charge in [-0.25, -0.2) is 0 Å². The molecule has 0 bridgehead atoms. The Labute approximate surface area is 114 Å². The Morgan fingerprint density at radius 2 is 1.95 bits per heavy atom. The minimum Gasteiger partial charge on any atom is -0.464 e. The molecule has 19 heavy (non-hydrogen) atoms. The fraction of sp³-hybridized carbons (Fsp3) is 0.769. The average Bonchev–Trinajstić information content (AvgIpc) is 2.93. The molecule has 0 spiro atoms. The Morgan fingerprint density at radius 3 is 2.53 bits per heavy atom. The van der Waals surface area contributed by atoms with Crippen LogP contribution in [0, 0.1) is 0 Å². The largest absolute Gasteiger partial charge is 0.464 e. The number of ether oxygens (including phenoxy) is 1. The summed E-state index contributed by atoms with van der Waals surface area (Å²) in [6.07, 6.45) is 5.03. The maximum Gasteiger partial charge on any atom is 0.323 e. The second-order valence-electron chi connectivity index (χ2n) is 4.65. The highest BCUT2D eigenvalue weighted by molar-refractivity contribution is 5.39. The molecular weight excluding hydrogens is 242 g/mol. The van der Waals surface area contributed by atoms with Crippen LogP contribution in [0.2, 0.25) is 0 Å². The SMILES string of the molecule is CCOc1nc(NC)nc(N(CC)C2CCCC2)n1. The van der Waals surface area contributed by atoms with E-state index in [1.165, 1.54) is 25.7 Å². The predicted octanol–water partition coefficient (Wildman–Crippen LogP) is 2.08. The van der Waals surface area contributed by atoms with E-state index in [4.69, 9.17) is 4.74 Å². The minimum absolute atomic E-state index is 0.397. The first-order valence-corrected chi connectivity index (χ1v) is 7.11. The van der Waals surface area contributed by atoms with E-state index in [0.29, 0.717) is 24.6 Å². The molecule has 0 saturated heterocycles. The van der Waals surface area contributed by atoms with Gasteiger partial charge in [0.05, 0.1) is 6.61 Å². The minimum atomic E-state index is 0.397. The van der Waals surface area contributed by atoms with E-state index in [1.54, 1.807) is 7.05 Å². The zero-order valence-corrected chi connectivity index (χ0v) is 12.0. The van der Waals surface area contributed by atoms with Crippen molar-refractivity contribution in [2.24, 2.45) is 0 Å². The van der Waals surface area contributed by atoms with Crippen molar-refractivity contribution >= 4 is 11.9 Å². The van der Waals surface area contributed by atoms with E-state index in [2.05, 4.69) is 32.1 Å². The highest BCUT2D eigenvalue weighted by atomic mass is 16.5. The third-order valence-corrected chi connectivity index (χ3v) is 3.46. The molecule has 6 nitrogen and oxygen atoms in total. The molecule has 1 N–H and O–H groups in total. The Morgan fingerprint density at radius 1 is 1.21 bits per heavy atom. The lowest BCUT2D eigenvalue weighted by Gasteiger charge is -2.27. The van der Waals surface area contributed by atoms with Crippen LogP contribution in [-0.2, 0) is 0 Å². The second kappa shape index (κ2) is 6.54. The summed E-state index contributed by atoms with van der Waals surface area (Å²) in [6, 6.07) is 0.944. The first kappa shape index (κ1) is 13.8. The van der Waals surface area contributed by atoms with Gasteiger partial charge in [0.15, 0.2) is 0 Å². The molecule has 0 amide bonds. The molecule has 6 heteroatoms. The van der Waals surface area contributed by atoms with Gasteiger partial charge >= 0.3 is 6.01 Å². The summed E-state index contributed by atoms with van der Waals surface area (Å²) < 4.78 is 5.42. The van der Waals surface area contributed by atoms with Crippen molar-refractivity contribution in [3.05, 3.63) is 0 Å². The lowest BCUT2D eigenvalue weighted by molar-refractivity contribution is 0.311. The molecule has 2 rings (SSSR count). The number of hydrogen-bond donors (Lipinski definition) is 1. The van der Waals surface area contributed by atoms with Crippen molar-refractivity contribution in [1.29, 1.82) is 0 Å². The molecule has 1 fully saturated rings. The van der Waals surface area contributed by atoms with Gasteiger partial charge in [0.2, 0.25) is 11.9 Å². The van der Waals surface area contributed by atoms with E-state index >= 15 is 0 Å². The molecule has 0 aliphatic heterocycles. The highest BCUT2D eigenvalue weighted by Gasteiger charge is 2.24. The van der Waals surface area contributed by atoms with Gasteiger partial charge in [-0.2, -0.15) is 15.0 Å². The van der Waals surface area contributed by atoms with Crippen LogP contribution in [-0.4, -0.2) is 41.2 Å². The number of aromatic nitrogens is 3. The molecule has 1 aromatic heterocycles. The predicted molar refractivity (Wildman–Crippen MR) is 75.8 cm³/mol.